The minimum absolute atomic E-state index is 0.0164. The van der Waals surface area contributed by atoms with Gasteiger partial charge in [-0.05, 0) is 32.1 Å². The van der Waals surface area contributed by atoms with Crippen molar-refractivity contribution in [3.63, 3.8) is 0 Å². The molecule has 0 spiro atoms. The Balaban J connectivity index is 1.91. The molecule has 2 fully saturated rings. The van der Waals surface area contributed by atoms with Crippen molar-refractivity contribution in [1.82, 2.24) is 4.90 Å². The minimum Gasteiger partial charge on any atom is -0.481 e. The van der Waals surface area contributed by atoms with E-state index in [-0.39, 0.29) is 23.8 Å². The maximum absolute atomic E-state index is 12.5. The van der Waals surface area contributed by atoms with Crippen LogP contribution in [-0.4, -0.2) is 47.7 Å². The van der Waals surface area contributed by atoms with E-state index in [9.17, 15) is 9.59 Å². The summed E-state index contributed by atoms with van der Waals surface area (Å²) in [6, 6.07) is 0.193. The summed E-state index contributed by atoms with van der Waals surface area (Å²) in [5.41, 5.74) is 0. The summed E-state index contributed by atoms with van der Waals surface area (Å²) in [6.45, 7) is 4.00. The van der Waals surface area contributed by atoms with Crippen molar-refractivity contribution in [2.45, 2.75) is 45.1 Å². The van der Waals surface area contributed by atoms with E-state index >= 15 is 0 Å². The highest BCUT2D eigenvalue weighted by atomic mass is 16.5. The second-order valence-corrected chi connectivity index (χ2v) is 5.56. The first-order valence-electron chi connectivity index (χ1n) is 7.24. The van der Waals surface area contributed by atoms with Crippen LogP contribution in [0.5, 0.6) is 0 Å². The molecule has 1 N–H and O–H groups in total. The number of carboxylic acid groups (broad SMARTS) is 1. The molecule has 1 unspecified atom stereocenters. The van der Waals surface area contributed by atoms with Crippen LogP contribution in [0, 0.1) is 11.8 Å². The van der Waals surface area contributed by atoms with Crippen LogP contribution in [0.15, 0.2) is 0 Å². The molecule has 1 saturated carbocycles. The third-order valence-corrected chi connectivity index (χ3v) is 4.41. The van der Waals surface area contributed by atoms with Gasteiger partial charge in [0.2, 0.25) is 5.91 Å². The zero-order valence-electron chi connectivity index (χ0n) is 11.5. The summed E-state index contributed by atoms with van der Waals surface area (Å²) in [6.07, 6.45) is 3.60. The van der Waals surface area contributed by atoms with E-state index in [0.29, 0.717) is 45.4 Å². The second kappa shape index (κ2) is 6.37. The molecule has 2 rings (SSSR count). The topological polar surface area (TPSA) is 66.8 Å². The number of hydrogen-bond acceptors (Lipinski definition) is 3. The SMILES string of the molecule is CCC1COCCN1C(=O)C1CCC(C(=O)O)CC1. The Bertz CT molecular complexity index is 336. The average Bonchev–Trinajstić information content (AvgIpc) is 2.46. The van der Waals surface area contributed by atoms with Crippen LogP contribution in [0.3, 0.4) is 0 Å². The van der Waals surface area contributed by atoms with E-state index in [1.54, 1.807) is 0 Å². The lowest BCUT2D eigenvalue weighted by atomic mass is 9.81. The van der Waals surface area contributed by atoms with Gasteiger partial charge in [-0.3, -0.25) is 9.59 Å². The van der Waals surface area contributed by atoms with Crippen molar-refractivity contribution < 1.29 is 19.4 Å². The van der Waals surface area contributed by atoms with Gasteiger partial charge in [0.05, 0.1) is 25.2 Å². The largest absolute Gasteiger partial charge is 0.481 e. The summed E-state index contributed by atoms with van der Waals surface area (Å²) >= 11 is 0. The Morgan fingerprint density at radius 2 is 1.84 bits per heavy atom. The van der Waals surface area contributed by atoms with E-state index in [4.69, 9.17) is 9.84 Å². The van der Waals surface area contributed by atoms with E-state index in [2.05, 4.69) is 6.92 Å². The highest BCUT2D eigenvalue weighted by molar-refractivity contribution is 5.80. The van der Waals surface area contributed by atoms with Crippen molar-refractivity contribution >= 4 is 11.9 Å². The fourth-order valence-electron chi connectivity index (χ4n) is 3.11. The number of morpholine rings is 1. The molecule has 1 aliphatic heterocycles. The third kappa shape index (κ3) is 3.26. The van der Waals surface area contributed by atoms with Crippen molar-refractivity contribution in [1.29, 1.82) is 0 Å². The number of nitrogens with zero attached hydrogens (tertiary/aromatic N) is 1. The first-order valence-corrected chi connectivity index (χ1v) is 7.24. The molecule has 5 heteroatoms. The smallest absolute Gasteiger partial charge is 0.306 e. The molecule has 1 atom stereocenters. The van der Waals surface area contributed by atoms with Gasteiger partial charge in [0.1, 0.15) is 0 Å². The van der Waals surface area contributed by atoms with Crippen LogP contribution in [0.25, 0.3) is 0 Å². The van der Waals surface area contributed by atoms with Crippen LogP contribution in [0.2, 0.25) is 0 Å². The van der Waals surface area contributed by atoms with E-state index in [0.717, 1.165) is 6.42 Å². The monoisotopic (exact) mass is 269 g/mol. The fourth-order valence-corrected chi connectivity index (χ4v) is 3.11. The number of carboxylic acids is 1. The van der Waals surface area contributed by atoms with Crippen LogP contribution >= 0.6 is 0 Å². The first kappa shape index (κ1) is 14.3. The summed E-state index contributed by atoms with van der Waals surface area (Å²) in [4.78, 5) is 25.4. The van der Waals surface area contributed by atoms with Gasteiger partial charge in [-0.2, -0.15) is 0 Å². The van der Waals surface area contributed by atoms with Gasteiger partial charge in [0.25, 0.3) is 0 Å². The van der Waals surface area contributed by atoms with Crippen LogP contribution in [0.1, 0.15) is 39.0 Å². The molecule has 19 heavy (non-hydrogen) atoms. The molecule has 1 amide bonds. The zero-order chi connectivity index (χ0) is 13.8. The number of carbonyl (C=O) groups is 2. The maximum Gasteiger partial charge on any atom is 0.306 e. The lowest BCUT2D eigenvalue weighted by Crippen LogP contribution is -2.51. The molecule has 0 bridgehead atoms. The number of carbonyl (C=O) groups excluding carboxylic acids is 1. The van der Waals surface area contributed by atoms with Crippen molar-refractivity contribution in [3.8, 4) is 0 Å². The molecule has 108 valence electrons. The Kier molecular flexibility index (Phi) is 4.80. The molecular weight excluding hydrogens is 246 g/mol. The Morgan fingerprint density at radius 3 is 2.42 bits per heavy atom. The van der Waals surface area contributed by atoms with Gasteiger partial charge >= 0.3 is 5.97 Å². The molecule has 0 radical (unpaired) electrons. The molecule has 0 aromatic heterocycles. The van der Waals surface area contributed by atoms with Gasteiger partial charge < -0.3 is 14.7 Å². The molecule has 1 aliphatic carbocycles. The summed E-state index contributed by atoms with van der Waals surface area (Å²) < 4.78 is 5.42. The summed E-state index contributed by atoms with van der Waals surface area (Å²) in [5, 5.41) is 8.98. The Labute approximate surface area is 113 Å². The summed E-state index contributed by atoms with van der Waals surface area (Å²) in [7, 11) is 0. The zero-order valence-corrected chi connectivity index (χ0v) is 11.5. The predicted molar refractivity (Wildman–Crippen MR) is 69.7 cm³/mol. The maximum atomic E-state index is 12.5. The lowest BCUT2D eigenvalue weighted by Gasteiger charge is -2.38. The molecule has 0 aromatic carbocycles. The Hall–Kier alpha value is -1.10. The van der Waals surface area contributed by atoms with Crippen molar-refractivity contribution in [2.24, 2.45) is 11.8 Å². The standard InChI is InChI=1S/C14H23NO4/c1-2-12-9-19-8-7-15(12)13(16)10-3-5-11(6-4-10)14(17)18/h10-12H,2-9H2,1H3,(H,17,18). The molecule has 5 nitrogen and oxygen atoms in total. The number of ether oxygens (including phenoxy) is 1. The number of amides is 1. The van der Waals surface area contributed by atoms with E-state index < -0.39 is 5.97 Å². The van der Waals surface area contributed by atoms with Crippen LogP contribution in [-0.2, 0) is 14.3 Å². The first-order chi connectivity index (χ1) is 9.13. The highest BCUT2D eigenvalue weighted by Gasteiger charge is 2.35. The fraction of sp³-hybridized carbons (Fsp3) is 0.857. The predicted octanol–water partition coefficient (Wildman–Crippen LogP) is 1.51. The van der Waals surface area contributed by atoms with Gasteiger partial charge in [-0.25, -0.2) is 0 Å². The number of aliphatic carboxylic acids is 1. The molecule has 1 saturated heterocycles. The Morgan fingerprint density at radius 1 is 1.21 bits per heavy atom. The summed E-state index contributed by atoms with van der Waals surface area (Å²) in [5.74, 6) is -0.749. The van der Waals surface area contributed by atoms with Crippen LogP contribution in [0.4, 0.5) is 0 Å². The van der Waals surface area contributed by atoms with Crippen molar-refractivity contribution in [3.05, 3.63) is 0 Å². The van der Waals surface area contributed by atoms with Gasteiger partial charge in [-0.1, -0.05) is 6.92 Å². The van der Waals surface area contributed by atoms with E-state index in [1.165, 1.54) is 0 Å². The normalized spacial score (nSPS) is 32.1. The lowest BCUT2D eigenvalue weighted by molar-refractivity contribution is -0.149. The van der Waals surface area contributed by atoms with E-state index in [1.807, 2.05) is 4.90 Å². The molecule has 1 heterocycles. The van der Waals surface area contributed by atoms with Gasteiger partial charge in [0.15, 0.2) is 0 Å². The van der Waals surface area contributed by atoms with Crippen LogP contribution < -0.4 is 0 Å². The van der Waals surface area contributed by atoms with Gasteiger partial charge in [0, 0.05) is 12.5 Å². The third-order valence-electron chi connectivity index (χ3n) is 4.41. The average molecular weight is 269 g/mol. The van der Waals surface area contributed by atoms with Crippen molar-refractivity contribution in [2.75, 3.05) is 19.8 Å². The van der Waals surface area contributed by atoms with Gasteiger partial charge in [-0.15, -0.1) is 0 Å². The number of rotatable bonds is 3. The minimum atomic E-state index is -0.719. The second-order valence-electron chi connectivity index (χ2n) is 5.56. The number of hydrogen-bond donors (Lipinski definition) is 1. The quantitative estimate of drug-likeness (QED) is 0.843. The molecule has 2 aliphatic rings. The highest BCUT2D eigenvalue weighted by Crippen LogP contribution is 2.31. The molecule has 0 aromatic rings. The molecular formula is C14H23NO4.